The third-order valence-corrected chi connectivity index (χ3v) is 3.91. The van der Waals surface area contributed by atoms with Gasteiger partial charge in [-0.15, -0.1) is 0 Å². The van der Waals surface area contributed by atoms with Crippen LogP contribution in [0.15, 0.2) is 0 Å². The Hall–Kier alpha value is -1.47. The third kappa shape index (κ3) is 4.50. The molecule has 7 nitrogen and oxygen atoms in total. The van der Waals surface area contributed by atoms with Gasteiger partial charge in [0, 0.05) is 20.1 Å². The molecule has 1 atom stereocenters. The Morgan fingerprint density at radius 3 is 2.81 bits per heavy atom. The Morgan fingerprint density at radius 2 is 2.10 bits per heavy atom. The van der Waals surface area contributed by atoms with Gasteiger partial charge in [0.1, 0.15) is 5.82 Å². The predicted octanol–water partition coefficient (Wildman–Crippen LogP) is 0.484. The highest BCUT2D eigenvalue weighted by Crippen LogP contribution is 2.21. The molecule has 0 radical (unpaired) electrons. The highest BCUT2D eigenvalue weighted by Gasteiger charge is 2.23. The fraction of sp³-hybridized carbons (Fsp3) is 0.786. The molecule has 1 aliphatic rings. The minimum Gasteiger partial charge on any atom is -0.368 e. The van der Waals surface area contributed by atoms with Gasteiger partial charge in [0.2, 0.25) is 11.9 Å². The summed E-state index contributed by atoms with van der Waals surface area (Å²) in [5.74, 6) is 1.69. The lowest BCUT2D eigenvalue weighted by Crippen LogP contribution is -2.40. The zero-order valence-electron chi connectivity index (χ0n) is 13.3. The van der Waals surface area contributed by atoms with Gasteiger partial charge < -0.3 is 16.0 Å². The molecule has 21 heavy (non-hydrogen) atoms. The van der Waals surface area contributed by atoms with E-state index in [2.05, 4.69) is 25.2 Å². The number of nitrogens with two attached hydrogens (primary N) is 1. The molecule has 7 heteroatoms. The number of hydrogen-bond acceptors (Lipinski definition) is 7. The summed E-state index contributed by atoms with van der Waals surface area (Å²) >= 11 is 0. The van der Waals surface area contributed by atoms with E-state index in [9.17, 15) is 0 Å². The van der Waals surface area contributed by atoms with Crippen molar-refractivity contribution in [1.29, 1.82) is 0 Å². The van der Waals surface area contributed by atoms with Crippen LogP contribution in [0.4, 0.5) is 11.9 Å². The summed E-state index contributed by atoms with van der Waals surface area (Å²) in [7, 11) is 5.83. The van der Waals surface area contributed by atoms with E-state index in [1.807, 2.05) is 26.0 Å². The van der Waals surface area contributed by atoms with Crippen LogP contribution in [0, 0.1) is 0 Å². The van der Waals surface area contributed by atoms with Crippen molar-refractivity contribution in [3.63, 3.8) is 0 Å². The second kappa shape index (κ2) is 7.51. The number of aromatic nitrogens is 3. The van der Waals surface area contributed by atoms with E-state index in [1.54, 1.807) is 0 Å². The smallest absolute Gasteiger partial charge is 0.229 e. The van der Waals surface area contributed by atoms with Crippen LogP contribution in [0.2, 0.25) is 0 Å². The van der Waals surface area contributed by atoms with Gasteiger partial charge in [-0.05, 0) is 39.4 Å². The van der Waals surface area contributed by atoms with Crippen LogP contribution in [0.1, 0.15) is 31.5 Å². The molecule has 1 aromatic heterocycles. The average Bonchev–Trinajstić information content (AvgIpc) is 2.45. The van der Waals surface area contributed by atoms with Crippen LogP contribution in [0.3, 0.4) is 0 Å². The first-order chi connectivity index (χ1) is 10.1. The van der Waals surface area contributed by atoms with E-state index < -0.39 is 0 Å². The highest BCUT2D eigenvalue weighted by atomic mass is 15.3. The zero-order valence-corrected chi connectivity index (χ0v) is 13.3. The first-order valence-electron chi connectivity index (χ1n) is 7.66. The third-order valence-electron chi connectivity index (χ3n) is 3.91. The lowest BCUT2D eigenvalue weighted by Gasteiger charge is -2.35. The number of nitrogen functional groups attached to an aromatic ring is 1. The maximum absolute atomic E-state index is 5.80. The number of hydrogen-bond donors (Lipinski definition) is 2. The largest absolute Gasteiger partial charge is 0.368 e. The summed E-state index contributed by atoms with van der Waals surface area (Å²) in [6.45, 7) is 2.91. The van der Waals surface area contributed by atoms with Gasteiger partial charge in [-0.3, -0.25) is 4.90 Å². The second-order valence-corrected chi connectivity index (χ2v) is 5.82. The molecule has 1 aromatic rings. The Morgan fingerprint density at radius 1 is 1.29 bits per heavy atom. The summed E-state index contributed by atoms with van der Waals surface area (Å²) < 4.78 is 0. The van der Waals surface area contributed by atoms with E-state index in [0.717, 1.165) is 31.9 Å². The van der Waals surface area contributed by atoms with Crippen LogP contribution in [0.25, 0.3) is 0 Å². The predicted molar refractivity (Wildman–Crippen MR) is 85.2 cm³/mol. The first kappa shape index (κ1) is 15.9. The molecular formula is C14H27N7. The van der Waals surface area contributed by atoms with Crippen molar-refractivity contribution < 1.29 is 0 Å². The Balaban J connectivity index is 2.07. The van der Waals surface area contributed by atoms with Gasteiger partial charge in [-0.2, -0.15) is 15.0 Å². The van der Waals surface area contributed by atoms with Crippen LogP contribution < -0.4 is 16.0 Å². The fourth-order valence-corrected chi connectivity index (χ4v) is 2.78. The molecule has 0 saturated carbocycles. The van der Waals surface area contributed by atoms with Crippen molar-refractivity contribution in [2.24, 2.45) is 0 Å². The van der Waals surface area contributed by atoms with E-state index in [1.165, 1.54) is 19.3 Å². The normalized spacial score (nSPS) is 19.7. The lowest BCUT2D eigenvalue weighted by atomic mass is 9.99. The van der Waals surface area contributed by atoms with E-state index >= 15 is 0 Å². The molecular weight excluding hydrogens is 266 g/mol. The Kier molecular flexibility index (Phi) is 5.69. The summed E-state index contributed by atoms with van der Waals surface area (Å²) in [6.07, 6.45) is 4.98. The molecule has 1 fully saturated rings. The van der Waals surface area contributed by atoms with Gasteiger partial charge in [0.25, 0.3) is 0 Å². The van der Waals surface area contributed by atoms with Gasteiger partial charge >= 0.3 is 0 Å². The summed E-state index contributed by atoms with van der Waals surface area (Å²) in [4.78, 5) is 17.3. The van der Waals surface area contributed by atoms with Crippen molar-refractivity contribution in [2.75, 3.05) is 44.9 Å². The van der Waals surface area contributed by atoms with Gasteiger partial charge in [0.05, 0.1) is 6.54 Å². The molecule has 2 heterocycles. The van der Waals surface area contributed by atoms with Crippen molar-refractivity contribution in [2.45, 2.75) is 38.3 Å². The number of likely N-dealkylation sites (tertiary alicyclic amines) is 1. The Labute approximate surface area is 127 Å². The fourth-order valence-electron chi connectivity index (χ4n) is 2.78. The number of piperidine rings is 1. The molecule has 1 unspecified atom stereocenters. The zero-order chi connectivity index (χ0) is 15.2. The molecule has 0 amide bonds. The number of nitrogens with one attached hydrogen (secondary N) is 1. The molecule has 0 spiro atoms. The number of anilines is 2. The van der Waals surface area contributed by atoms with Crippen molar-refractivity contribution in [1.82, 2.24) is 25.2 Å². The average molecular weight is 293 g/mol. The van der Waals surface area contributed by atoms with E-state index in [-0.39, 0.29) is 0 Å². The summed E-state index contributed by atoms with van der Waals surface area (Å²) in [5, 5.41) is 3.24. The van der Waals surface area contributed by atoms with Crippen molar-refractivity contribution in [3.8, 4) is 0 Å². The van der Waals surface area contributed by atoms with Crippen molar-refractivity contribution in [3.05, 3.63) is 5.82 Å². The van der Waals surface area contributed by atoms with Crippen molar-refractivity contribution >= 4 is 11.9 Å². The van der Waals surface area contributed by atoms with Crippen LogP contribution in [0.5, 0.6) is 0 Å². The lowest BCUT2D eigenvalue weighted by molar-refractivity contribution is 0.129. The van der Waals surface area contributed by atoms with Crippen LogP contribution in [-0.4, -0.2) is 60.1 Å². The molecule has 0 aliphatic carbocycles. The maximum Gasteiger partial charge on any atom is 0.229 e. The molecule has 0 bridgehead atoms. The molecule has 118 valence electrons. The minimum absolute atomic E-state index is 0.299. The van der Waals surface area contributed by atoms with Gasteiger partial charge in [0.15, 0.2) is 0 Å². The van der Waals surface area contributed by atoms with E-state index in [4.69, 9.17) is 5.73 Å². The second-order valence-electron chi connectivity index (χ2n) is 5.82. The topological polar surface area (TPSA) is 83.2 Å². The summed E-state index contributed by atoms with van der Waals surface area (Å²) in [5.41, 5.74) is 5.80. The Bertz CT molecular complexity index is 449. The number of nitrogens with zero attached hydrogens (tertiary/aromatic N) is 5. The molecule has 2 rings (SSSR count). The molecule has 3 N–H and O–H groups in total. The standard InChI is InChI=1S/C14H27N7/c1-16-8-7-11-6-4-5-9-21(11)10-12-17-13(15)19-14(18-12)20(2)3/h11,16H,4-10H2,1-3H3,(H2,15,17,18,19). The monoisotopic (exact) mass is 293 g/mol. The minimum atomic E-state index is 0.299. The van der Waals surface area contributed by atoms with Gasteiger partial charge in [-0.25, -0.2) is 0 Å². The molecule has 1 saturated heterocycles. The molecule has 1 aliphatic heterocycles. The van der Waals surface area contributed by atoms with Crippen LogP contribution in [-0.2, 0) is 6.54 Å². The summed E-state index contributed by atoms with van der Waals surface area (Å²) in [6, 6.07) is 0.604. The first-order valence-corrected chi connectivity index (χ1v) is 7.66. The van der Waals surface area contributed by atoms with Gasteiger partial charge in [-0.1, -0.05) is 6.42 Å². The van der Waals surface area contributed by atoms with E-state index in [0.29, 0.717) is 17.9 Å². The maximum atomic E-state index is 5.80. The SMILES string of the molecule is CNCCC1CCCCN1Cc1nc(N)nc(N(C)C)n1. The quantitative estimate of drug-likeness (QED) is 0.789. The molecule has 0 aromatic carbocycles. The van der Waals surface area contributed by atoms with Crippen LogP contribution >= 0.6 is 0 Å². The number of rotatable bonds is 6. The highest BCUT2D eigenvalue weighted by molar-refractivity contribution is 5.32.